The highest BCUT2D eigenvalue weighted by Crippen LogP contribution is 2.38. The van der Waals surface area contributed by atoms with Crippen molar-refractivity contribution in [2.45, 2.75) is 18.5 Å². The summed E-state index contributed by atoms with van der Waals surface area (Å²) in [5.74, 6) is -0.521. The zero-order valence-electron chi connectivity index (χ0n) is 11.1. The first-order chi connectivity index (χ1) is 9.59. The maximum Gasteiger partial charge on any atom is 0.325 e. The summed E-state index contributed by atoms with van der Waals surface area (Å²) < 4.78 is 0. The minimum atomic E-state index is -0.358. The smallest absolute Gasteiger partial charge is 0.311 e. The SMILES string of the molecule is CN1C(=O)NC(=O)C2C(c3ccccc3Cl)CCNC21. The fourth-order valence-electron chi connectivity index (χ4n) is 3.15. The molecule has 1 aromatic rings. The molecule has 2 fully saturated rings. The number of carbonyl (C=O) groups excluding carboxylic acids is 2. The van der Waals surface area contributed by atoms with Gasteiger partial charge >= 0.3 is 6.03 Å². The van der Waals surface area contributed by atoms with Crippen molar-refractivity contribution < 1.29 is 9.59 Å². The lowest BCUT2D eigenvalue weighted by atomic mass is 9.77. The minimum absolute atomic E-state index is 0.0190. The standard InChI is InChI=1S/C14H16ClN3O2/c1-18-12-11(13(19)17-14(18)20)9(6-7-16-12)8-4-2-3-5-10(8)15/h2-5,9,11-12,16H,6-7H2,1H3,(H,17,19,20). The third-order valence-electron chi connectivity index (χ3n) is 4.16. The van der Waals surface area contributed by atoms with Gasteiger partial charge in [-0.25, -0.2) is 4.79 Å². The van der Waals surface area contributed by atoms with E-state index in [1.54, 1.807) is 11.9 Å². The molecular weight excluding hydrogens is 278 g/mol. The van der Waals surface area contributed by atoms with Gasteiger partial charge in [-0.1, -0.05) is 29.8 Å². The molecule has 0 saturated carbocycles. The maximum absolute atomic E-state index is 12.2. The molecule has 1 aromatic carbocycles. The number of fused-ring (bicyclic) bond motifs is 1. The number of piperidine rings is 1. The van der Waals surface area contributed by atoms with Crippen molar-refractivity contribution in [3.05, 3.63) is 34.9 Å². The fraction of sp³-hybridized carbons (Fsp3) is 0.429. The molecule has 3 amide bonds. The Bertz CT molecular complexity index is 563. The van der Waals surface area contributed by atoms with Crippen molar-refractivity contribution >= 4 is 23.5 Å². The molecule has 3 rings (SSSR count). The highest BCUT2D eigenvalue weighted by atomic mass is 35.5. The van der Waals surface area contributed by atoms with Gasteiger partial charge in [0, 0.05) is 18.0 Å². The molecule has 3 atom stereocenters. The Hall–Kier alpha value is -1.59. The molecule has 0 spiro atoms. The Kier molecular flexibility index (Phi) is 3.40. The molecule has 2 N–H and O–H groups in total. The molecule has 0 aromatic heterocycles. The second kappa shape index (κ2) is 5.07. The molecule has 20 heavy (non-hydrogen) atoms. The Morgan fingerprint density at radius 1 is 1.30 bits per heavy atom. The topological polar surface area (TPSA) is 61.4 Å². The molecule has 0 aliphatic carbocycles. The van der Waals surface area contributed by atoms with Gasteiger partial charge in [0.15, 0.2) is 0 Å². The molecule has 3 unspecified atom stereocenters. The molecule has 0 bridgehead atoms. The molecule has 6 heteroatoms. The second-order valence-electron chi connectivity index (χ2n) is 5.25. The molecule has 0 radical (unpaired) electrons. The van der Waals surface area contributed by atoms with Crippen LogP contribution in [0.4, 0.5) is 4.79 Å². The predicted molar refractivity (Wildman–Crippen MR) is 75.4 cm³/mol. The van der Waals surface area contributed by atoms with Crippen LogP contribution in [-0.4, -0.2) is 36.6 Å². The summed E-state index contributed by atoms with van der Waals surface area (Å²) in [6.07, 6.45) is 0.548. The number of urea groups is 1. The molecule has 2 aliphatic heterocycles. The van der Waals surface area contributed by atoms with Crippen molar-refractivity contribution in [1.29, 1.82) is 0 Å². The lowest BCUT2D eigenvalue weighted by Gasteiger charge is -2.45. The molecule has 2 aliphatic rings. The molecule has 106 valence electrons. The summed E-state index contributed by atoms with van der Waals surface area (Å²) in [5.41, 5.74) is 0.976. The first kappa shape index (κ1) is 13.4. The molecule has 5 nitrogen and oxygen atoms in total. The van der Waals surface area contributed by atoms with Crippen LogP contribution >= 0.6 is 11.6 Å². The summed E-state index contributed by atoms with van der Waals surface area (Å²) in [7, 11) is 1.70. The van der Waals surface area contributed by atoms with Crippen LogP contribution < -0.4 is 10.6 Å². The number of nitrogens with one attached hydrogen (secondary N) is 2. The van der Waals surface area contributed by atoms with E-state index in [0.29, 0.717) is 5.02 Å². The van der Waals surface area contributed by atoms with Crippen molar-refractivity contribution in [3.8, 4) is 0 Å². The number of imide groups is 1. The molecule has 2 saturated heterocycles. The monoisotopic (exact) mass is 293 g/mol. The van der Waals surface area contributed by atoms with E-state index in [4.69, 9.17) is 11.6 Å². The normalized spacial score (nSPS) is 29.9. The van der Waals surface area contributed by atoms with E-state index in [1.807, 2.05) is 24.3 Å². The van der Waals surface area contributed by atoms with Crippen molar-refractivity contribution in [2.75, 3.05) is 13.6 Å². The number of hydrogen-bond acceptors (Lipinski definition) is 3. The van der Waals surface area contributed by atoms with E-state index in [9.17, 15) is 9.59 Å². The Labute approximate surface area is 122 Å². The van der Waals surface area contributed by atoms with Gasteiger partial charge in [-0.2, -0.15) is 0 Å². The van der Waals surface area contributed by atoms with E-state index >= 15 is 0 Å². The van der Waals surface area contributed by atoms with Crippen LogP contribution in [0.15, 0.2) is 24.3 Å². The van der Waals surface area contributed by atoms with Gasteiger partial charge in [-0.15, -0.1) is 0 Å². The lowest BCUT2D eigenvalue weighted by molar-refractivity contribution is -0.130. The number of carbonyl (C=O) groups is 2. The molecule has 2 heterocycles. The van der Waals surface area contributed by atoms with Gasteiger partial charge in [0.2, 0.25) is 5.91 Å². The average molecular weight is 294 g/mol. The lowest BCUT2D eigenvalue weighted by Crippen LogP contribution is -2.66. The largest absolute Gasteiger partial charge is 0.325 e. The minimum Gasteiger partial charge on any atom is -0.311 e. The Morgan fingerprint density at radius 3 is 2.80 bits per heavy atom. The van der Waals surface area contributed by atoms with Crippen molar-refractivity contribution in [3.63, 3.8) is 0 Å². The van der Waals surface area contributed by atoms with E-state index in [0.717, 1.165) is 18.5 Å². The number of nitrogens with zero attached hydrogens (tertiary/aromatic N) is 1. The van der Waals surface area contributed by atoms with Gasteiger partial charge in [-0.3, -0.25) is 15.4 Å². The van der Waals surface area contributed by atoms with Crippen LogP contribution in [0.1, 0.15) is 17.9 Å². The summed E-state index contributed by atoms with van der Waals surface area (Å²) in [5, 5.41) is 6.34. The fourth-order valence-corrected chi connectivity index (χ4v) is 3.42. The van der Waals surface area contributed by atoms with Crippen LogP contribution in [0.25, 0.3) is 0 Å². The third-order valence-corrected chi connectivity index (χ3v) is 4.50. The van der Waals surface area contributed by atoms with Crippen molar-refractivity contribution in [1.82, 2.24) is 15.5 Å². The van der Waals surface area contributed by atoms with E-state index in [2.05, 4.69) is 10.6 Å². The molecular formula is C14H16ClN3O2. The first-order valence-electron chi connectivity index (χ1n) is 6.65. The third kappa shape index (κ3) is 2.07. The van der Waals surface area contributed by atoms with Crippen LogP contribution in [0.3, 0.4) is 0 Å². The highest BCUT2D eigenvalue weighted by molar-refractivity contribution is 6.31. The van der Waals surface area contributed by atoms with E-state index < -0.39 is 0 Å². The zero-order chi connectivity index (χ0) is 14.3. The number of hydrogen-bond donors (Lipinski definition) is 2. The van der Waals surface area contributed by atoms with Gasteiger partial charge in [0.25, 0.3) is 0 Å². The van der Waals surface area contributed by atoms with Gasteiger partial charge in [0.05, 0.1) is 12.1 Å². The van der Waals surface area contributed by atoms with Crippen LogP contribution in [0.5, 0.6) is 0 Å². The quantitative estimate of drug-likeness (QED) is 0.826. The van der Waals surface area contributed by atoms with E-state index in [1.165, 1.54) is 0 Å². The van der Waals surface area contributed by atoms with Gasteiger partial charge in [0.1, 0.15) is 0 Å². The number of halogens is 1. The van der Waals surface area contributed by atoms with E-state index in [-0.39, 0.29) is 29.9 Å². The maximum atomic E-state index is 12.2. The van der Waals surface area contributed by atoms with Crippen LogP contribution in [0.2, 0.25) is 5.02 Å². The van der Waals surface area contributed by atoms with Gasteiger partial charge in [-0.05, 0) is 24.6 Å². The highest BCUT2D eigenvalue weighted by Gasteiger charge is 2.46. The zero-order valence-corrected chi connectivity index (χ0v) is 11.9. The van der Waals surface area contributed by atoms with Crippen molar-refractivity contribution in [2.24, 2.45) is 5.92 Å². The first-order valence-corrected chi connectivity index (χ1v) is 7.03. The summed E-state index contributed by atoms with van der Waals surface area (Å²) in [6.45, 7) is 0.752. The summed E-state index contributed by atoms with van der Waals surface area (Å²) in [6, 6.07) is 7.24. The van der Waals surface area contributed by atoms with Crippen LogP contribution in [0, 0.1) is 5.92 Å². The van der Waals surface area contributed by atoms with Gasteiger partial charge < -0.3 is 4.90 Å². The Morgan fingerprint density at radius 2 is 2.05 bits per heavy atom. The average Bonchev–Trinajstić information content (AvgIpc) is 2.45. The summed E-state index contributed by atoms with van der Waals surface area (Å²) in [4.78, 5) is 25.5. The number of amides is 3. The number of rotatable bonds is 1. The van der Waals surface area contributed by atoms with Crippen LogP contribution in [-0.2, 0) is 4.79 Å². The second-order valence-corrected chi connectivity index (χ2v) is 5.65. The summed E-state index contributed by atoms with van der Waals surface area (Å²) >= 11 is 6.27. The predicted octanol–water partition coefficient (Wildman–Crippen LogP) is 1.54. The Balaban J connectivity index is 1.98. The number of benzene rings is 1.